The Kier molecular flexibility index (Phi) is 5.05. The Morgan fingerprint density at radius 2 is 1.97 bits per heavy atom. The molecule has 1 fully saturated rings. The molecule has 2 heterocycles. The Bertz CT molecular complexity index is 1170. The summed E-state index contributed by atoms with van der Waals surface area (Å²) in [6.45, 7) is 2.04. The van der Waals surface area contributed by atoms with E-state index >= 15 is 0 Å². The van der Waals surface area contributed by atoms with E-state index in [1.165, 1.54) is 16.4 Å². The zero-order chi connectivity index (χ0) is 20.6. The highest BCUT2D eigenvalue weighted by molar-refractivity contribution is 7.89. The molecule has 0 aliphatic carbocycles. The monoisotopic (exact) mass is 418 g/mol. The van der Waals surface area contributed by atoms with E-state index in [4.69, 9.17) is 0 Å². The van der Waals surface area contributed by atoms with Gasteiger partial charge in [0.05, 0.1) is 0 Å². The fraction of sp³-hybridized carbons (Fsp3) is 0.316. The number of carbonyl (C=O) groups is 1. The lowest BCUT2D eigenvalue weighted by atomic mass is 9.97. The van der Waals surface area contributed by atoms with Crippen LogP contribution in [0.3, 0.4) is 0 Å². The molecule has 29 heavy (non-hydrogen) atoms. The quantitative estimate of drug-likeness (QED) is 0.698. The lowest BCUT2D eigenvalue weighted by molar-refractivity contribution is -0.120. The third kappa shape index (κ3) is 3.73. The second kappa shape index (κ2) is 7.53. The molecule has 10 heteroatoms. The largest absolute Gasteiger partial charge is 0.326 e. The van der Waals surface area contributed by atoms with Gasteiger partial charge >= 0.3 is 0 Å². The number of nitrogens with one attached hydrogen (secondary N) is 1. The summed E-state index contributed by atoms with van der Waals surface area (Å²) in [5.41, 5.74) is 1.44. The van der Waals surface area contributed by atoms with Crippen LogP contribution in [0.5, 0.6) is 0 Å². The Morgan fingerprint density at radius 1 is 1.21 bits per heavy atom. The fourth-order valence-electron chi connectivity index (χ4n) is 3.40. The summed E-state index contributed by atoms with van der Waals surface area (Å²) < 4.78 is 45.7. The maximum absolute atomic E-state index is 13.7. The first-order valence-corrected chi connectivity index (χ1v) is 10.6. The minimum Gasteiger partial charge on any atom is -0.326 e. The van der Waals surface area contributed by atoms with Gasteiger partial charge in [-0.15, -0.1) is 0 Å². The van der Waals surface area contributed by atoms with E-state index in [1.54, 1.807) is 31.2 Å². The van der Waals surface area contributed by atoms with E-state index in [-0.39, 0.29) is 41.1 Å². The topological polar surface area (TPSA) is 105 Å². The van der Waals surface area contributed by atoms with Crippen molar-refractivity contribution in [2.24, 2.45) is 5.92 Å². The van der Waals surface area contributed by atoms with Crippen LogP contribution in [0.15, 0.2) is 45.9 Å². The molecule has 8 nitrogen and oxygen atoms in total. The number of anilines is 1. The summed E-state index contributed by atoms with van der Waals surface area (Å²) in [6, 6.07) is 9.18. The molecule has 0 bridgehead atoms. The van der Waals surface area contributed by atoms with Crippen LogP contribution in [-0.2, 0) is 14.8 Å². The van der Waals surface area contributed by atoms with Crippen molar-refractivity contribution in [2.75, 3.05) is 18.4 Å². The normalized spacial score (nSPS) is 16.2. The number of carbonyl (C=O) groups excluding carboxylic acids is 1. The first-order valence-electron chi connectivity index (χ1n) is 9.15. The number of halogens is 1. The zero-order valence-electron chi connectivity index (χ0n) is 15.6. The van der Waals surface area contributed by atoms with Crippen LogP contribution >= 0.6 is 0 Å². The third-order valence-corrected chi connectivity index (χ3v) is 7.06. The van der Waals surface area contributed by atoms with Crippen molar-refractivity contribution < 1.29 is 22.2 Å². The van der Waals surface area contributed by atoms with Crippen molar-refractivity contribution in [3.8, 4) is 0 Å². The molecule has 1 amide bonds. The molecule has 3 aromatic rings. The Balaban J connectivity index is 1.44. The van der Waals surface area contributed by atoms with E-state index in [9.17, 15) is 17.6 Å². The minimum atomic E-state index is -3.79. The van der Waals surface area contributed by atoms with E-state index in [2.05, 4.69) is 20.3 Å². The lowest BCUT2D eigenvalue weighted by Crippen LogP contribution is -2.41. The third-order valence-electron chi connectivity index (χ3n) is 5.13. The zero-order valence-corrected chi connectivity index (χ0v) is 16.4. The Hall–Kier alpha value is -2.85. The van der Waals surface area contributed by atoms with Crippen LogP contribution in [0.2, 0.25) is 0 Å². The number of sulfonamides is 1. The van der Waals surface area contributed by atoms with Gasteiger partial charge in [-0.1, -0.05) is 12.1 Å². The van der Waals surface area contributed by atoms with E-state index in [0.29, 0.717) is 29.6 Å². The van der Waals surface area contributed by atoms with Crippen LogP contribution in [-0.4, -0.2) is 42.0 Å². The van der Waals surface area contributed by atoms with Gasteiger partial charge in [0, 0.05) is 24.7 Å². The number of benzene rings is 2. The molecule has 1 aliphatic rings. The Morgan fingerprint density at radius 3 is 2.69 bits per heavy atom. The number of fused-ring (bicyclic) bond motifs is 1. The van der Waals surface area contributed by atoms with Gasteiger partial charge in [0.2, 0.25) is 15.9 Å². The summed E-state index contributed by atoms with van der Waals surface area (Å²) in [6.07, 6.45) is 0.735. The van der Waals surface area contributed by atoms with Crippen LogP contribution in [0.4, 0.5) is 10.1 Å². The lowest BCUT2D eigenvalue weighted by Gasteiger charge is -2.30. The van der Waals surface area contributed by atoms with Crippen molar-refractivity contribution in [1.82, 2.24) is 14.6 Å². The number of amides is 1. The van der Waals surface area contributed by atoms with Gasteiger partial charge in [0.25, 0.3) is 0 Å². The number of nitrogens with zero attached hydrogens (tertiary/aromatic N) is 3. The molecule has 152 valence electrons. The van der Waals surface area contributed by atoms with Gasteiger partial charge < -0.3 is 5.32 Å². The number of hydrogen-bond acceptors (Lipinski definition) is 6. The van der Waals surface area contributed by atoms with Crippen LogP contribution < -0.4 is 5.32 Å². The second-order valence-corrected chi connectivity index (χ2v) is 8.93. The fourth-order valence-corrected chi connectivity index (χ4v) is 5.01. The van der Waals surface area contributed by atoms with Crippen LogP contribution in [0.1, 0.15) is 18.4 Å². The predicted molar refractivity (Wildman–Crippen MR) is 103 cm³/mol. The van der Waals surface area contributed by atoms with E-state index in [1.807, 2.05) is 0 Å². The van der Waals surface area contributed by atoms with Gasteiger partial charge in [-0.2, -0.15) is 4.31 Å². The number of piperidine rings is 1. The van der Waals surface area contributed by atoms with Crippen molar-refractivity contribution in [1.29, 1.82) is 0 Å². The van der Waals surface area contributed by atoms with Gasteiger partial charge in [0.15, 0.2) is 5.52 Å². The van der Waals surface area contributed by atoms with Crippen molar-refractivity contribution in [3.05, 3.63) is 47.8 Å². The first kappa shape index (κ1) is 19.5. The van der Waals surface area contributed by atoms with Crippen molar-refractivity contribution in [3.63, 3.8) is 0 Å². The van der Waals surface area contributed by atoms with Gasteiger partial charge in [-0.3, -0.25) is 4.79 Å². The molecule has 0 spiro atoms. The number of hydrogen-bond donors (Lipinski definition) is 1. The van der Waals surface area contributed by atoms with Crippen molar-refractivity contribution in [2.45, 2.75) is 24.7 Å². The highest BCUT2D eigenvalue weighted by Crippen LogP contribution is 2.28. The highest BCUT2D eigenvalue weighted by atomic mass is 32.2. The molecule has 0 unspecified atom stereocenters. The maximum atomic E-state index is 13.7. The molecule has 1 aromatic heterocycles. The number of aromatic nitrogens is 2. The molecule has 0 atom stereocenters. The first-order chi connectivity index (χ1) is 13.9. The highest BCUT2D eigenvalue weighted by Gasteiger charge is 2.33. The molecular formula is C19H19FN4O4S. The van der Waals surface area contributed by atoms with E-state index in [0.717, 1.165) is 0 Å². The van der Waals surface area contributed by atoms with E-state index < -0.39 is 10.0 Å². The summed E-state index contributed by atoms with van der Waals surface area (Å²) in [5, 5.41) is 10.1. The second-order valence-electron chi connectivity index (χ2n) is 7.02. The molecule has 2 aromatic carbocycles. The molecule has 4 rings (SSSR count). The molecular weight excluding hydrogens is 399 g/mol. The maximum Gasteiger partial charge on any atom is 0.245 e. The summed E-state index contributed by atoms with van der Waals surface area (Å²) in [7, 11) is -3.79. The standard InChI is InChI=1S/C19H19FN4O4S/c1-12-5-6-14(11-15(12)20)21-19(25)13-7-9-24(10-8-13)29(26,27)17-4-2-3-16-18(17)23-28-22-16/h2-6,11,13H,7-10H2,1H3,(H,21,25). The van der Waals surface area contributed by atoms with Gasteiger partial charge in [-0.25, -0.2) is 17.4 Å². The molecule has 1 saturated heterocycles. The average molecular weight is 418 g/mol. The predicted octanol–water partition coefficient (Wildman–Crippen LogP) is 2.71. The minimum absolute atomic E-state index is 0.0364. The van der Waals surface area contributed by atoms with Crippen LogP contribution in [0.25, 0.3) is 11.0 Å². The van der Waals surface area contributed by atoms with Crippen molar-refractivity contribution >= 4 is 32.7 Å². The van der Waals surface area contributed by atoms with Gasteiger partial charge in [0.1, 0.15) is 16.2 Å². The Labute approximate surface area is 166 Å². The SMILES string of the molecule is Cc1ccc(NC(=O)C2CCN(S(=O)(=O)c3cccc4nonc34)CC2)cc1F. The average Bonchev–Trinajstić information content (AvgIpc) is 3.19. The van der Waals surface area contributed by atoms with Gasteiger partial charge in [-0.05, 0) is 59.9 Å². The summed E-state index contributed by atoms with van der Waals surface area (Å²) >= 11 is 0. The number of aryl methyl sites for hydroxylation is 1. The molecule has 1 N–H and O–H groups in total. The molecule has 1 aliphatic heterocycles. The summed E-state index contributed by atoms with van der Waals surface area (Å²) in [4.78, 5) is 12.5. The van der Waals surface area contributed by atoms with Crippen LogP contribution in [0, 0.1) is 18.7 Å². The summed E-state index contributed by atoms with van der Waals surface area (Å²) in [5.74, 6) is -0.983. The number of rotatable bonds is 4. The smallest absolute Gasteiger partial charge is 0.245 e. The molecule has 0 saturated carbocycles. The molecule has 0 radical (unpaired) electrons.